The van der Waals surface area contributed by atoms with E-state index in [1.165, 1.54) is 16.2 Å². The highest BCUT2D eigenvalue weighted by Gasteiger charge is 2.40. The van der Waals surface area contributed by atoms with Crippen molar-refractivity contribution >= 4 is 40.8 Å². The fraction of sp³-hybridized carbons (Fsp3) is 0.370. The highest BCUT2D eigenvalue weighted by atomic mass is 35.5. The molecule has 0 saturated carbocycles. The van der Waals surface area contributed by atoms with Crippen molar-refractivity contribution in [3.05, 3.63) is 81.2 Å². The molecular formula is C27H31ClN4O4S. The number of hydrogen-bond acceptors (Lipinski definition) is 6. The van der Waals surface area contributed by atoms with Gasteiger partial charge in [-0.15, -0.1) is 17.9 Å². The van der Waals surface area contributed by atoms with Gasteiger partial charge in [-0.2, -0.15) is 0 Å². The second kappa shape index (κ2) is 11.9. The molecule has 196 valence electrons. The zero-order valence-corrected chi connectivity index (χ0v) is 22.6. The Bertz CT molecular complexity index is 1200. The molecule has 2 aliphatic heterocycles. The number of ether oxygens (including phenoxy) is 1. The van der Waals surface area contributed by atoms with E-state index < -0.39 is 12.0 Å². The SMILES string of the molecule is C=CCN1C(=O)N[C@H](c2ccccc2Cl)C(C(=O)OCC)=C1CN1CCN(C(=O)c2cccs2)[C@H](C)C1. The molecule has 2 aromatic rings. The van der Waals surface area contributed by atoms with Crippen LogP contribution in [0.1, 0.15) is 35.1 Å². The highest BCUT2D eigenvalue weighted by Crippen LogP contribution is 2.35. The van der Waals surface area contributed by atoms with Crippen LogP contribution in [0, 0.1) is 0 Å². The molecule has 1 N–H and O–H groups in total. The molecule has 37 heavy (non-hydrogen) atoms. The lowest BCUT2D eigenvalue weighted by Gasteiger charge is -2.42. The van der Waals surface area contributed by atoms with E-state index >= 15 is 0 Å². The van der Waals surface area contributed by atoms with E-state index in [-0.39, 0.29) is 31.1 Å². The van der Waals surface area contributed by atoms with Crippen LogP contribution in [0.5, 0.6) is 0 Å². The lowest BCUT2D eigenvalue weighted by molar-refractivity contribution is -0.139. The Morgan fingerprint density at radius 2 is 2.03 bits per heavy atom. The predicted molar refractivity (Wildman–Crippen MR) is 145 cm³/mol. The van der Waals surface area contributed by atoms with Crippen molar-refractivity contribution in [1.29, 1.82) is 0 Å². The molecule has 10 heteroatoms. The van der Waals surface area contributed by atoms with Gasteiger partial charge in [-0.1, -0.05) is 41.9 Å². The zero-order chi connectivity index (χ0) is 26.5. The standard InChI is InChI=1S/C27H31ClN4O4S/c1-4-12-32-21(17-30-13-14-31(18(3)16-30)25(33)22-11-8-15-37-22)23(26(34)36-5-2)24(29-27(32)35)19-9-6-7-10-20(19)28/h4,6-11,15,18,24H,1,5,12-14,16-17H2,2-3H3,(H,29,35)/t18-,24-/m1/s1. The van der Waals surface area contributed by atoms with Gasteiger partial charge in [-0.25, -0.2) is 9.59 Å². The fourth-order valence-corrected chi connectivity index (χ4v) is 5.74. The topological polar surface area (TPSA) is 82.2 Å². The van der Waals surface area contributed by atoms with Gasteiger partial charge in [-0.3, -0.25) is 14.6 Å². The quantitative estimate of drug-likeness (QED) is 0.397. The molecule has 1 aromatic heterocycles. The molecule has 0 bridgehead atoms. The van der Waals surface area contributed by atoms with Crippen molar-refractivity contribution in [3.63, 3.8) is 0 Å². The molecule has 1 saturated heterocycles. The van der Waals surface area contributed by atoms with Crippen molar-refractivity contribution in [2.75, 3.05) is 39.3 Å². The number of carbonyl (C=O) groups is 3. The van der Waals surface area contributed by atoms with Crippen LogP contribution in [-0.2, 0) is 9.53 Å². The first-order chi connectivity index (χ1) is 17.8. The van der Waals surface area contributed by atoms with Gasteiger partial charge in [0.25, 0.3) is 5.91 Å². The highest BCUT2D eigenvalue weighted by molar-refractivity contribution is 7.12. The lowest BCUT2D eigenvalue weighted by atomic mass is 9.94. The average Bonchev–Trinajstić information content (AvgIpc) is 3.41. The third-order valence-electron chi connectivity index (χ3n) is 6.54. The van der Waals surface area contributed by atoms with E-state index in [2.05, 4.69) is 16.8 Å². The third kappa shape index (κ3) is 5.74. The van der Waals surface area contributed by atoms with Crippen molar-refractivity contribution in [3.8, 4) is 0 Å². The monoisotopic (exact) mass is 542 g/mol. The number of nitrogens with zero attached hydrogens (tertiary/aromatic N) is 3. The number of urea groups is 1. The Kier molecular flexibility index (Phi) is 8.68. The summed E-state index contributed by atoms with van der Waals surface area (Å²) >= 11 is 7.93. The first-order valence-electron chi connectivity index (χ1n) is 12.3. The fourth-order valence-electron chi connectivity index (χ4n) is 4.82. The predicted octanol–water partition coefficient (Wildman–Crippen LogP) is 4.32. The molecule has 0 spiro atoms. The first-order valence-corrected chi connectivity index (χ1v) is 13.5. The normalized spacial score (nSPS) is 20.6. The minimum absolute atomic E-state index is 0.0256. The second-order valence-corrected chi connectivity index (χ2v) is 10.3. The molecule has 0 aliphatic carbocycles. The summed E-state index contributed by atoms with van der Waals surface area (Å²) in [7, 11) is 0. The number of piperazine rings is 1. The van der Waals surface area contributed by atoms with E-state index in [4.69, 9.17) is 16.3 Å². The summed E-state index contributed by atoms with van der Waals surface area (Å²) in [5, 5.41) is 5.28. The largest absolute Gasteiger partial charge is 0.463 e. The minimum Gasteiger partial charge on any atom is -0.463 e. The van der Waals surface area contributed by atoms with Crippen LogP contribution in [0.25, 0.3) is 0 Å². The summed E-state index contributed by atoms with van der Waals surface area (Å²) < 4.78 is 5.45. The van der Waals surface area contributed by atoms with Crippen LogP contribution < -0.4 is 5.32 Å². The first kappa shape index (κ1) is 26.9. The van der Waals surface area contributed by atoms with Crippen molar-refractivity contribution in [1.82, 2.24) is 20.0 Å². The molecule has 2 atom stereocenters. The Hall–Kier alpha value is -3.14. The zero-order valence-electron chi connectivity index (χ0n) is 21.0. The van der Waals surface area contributed by atoms with Crippen molar-refractivity contribution < 1.29 is 19.1 Å². The maximum absolute atomic E-state index is 13.3. The van der Waals surface area contributed by atoms with Crippen LogP contribution in [0.15, 0.2) is 65.7 Å². The average molecular weight is 543 g/mol. The summed E-state index contributed by atoms with van der Waals surface area (Å²) in [6.45, 7) is 10.1. The Labute approximate surface area is 226 Å². The van der Waals surface area contributed by atoms with Gasteiger partial charge in [0.2, 0.25) is 0 Å². The van der Waals surface area contributed by atoms with Gasteiger partial charge in [0.15, 0.2) is 0 Å². The van der Waals surface area contributed by atoms with Gasteiger partial charge in [-0.05, 0) is 36.9 Å². The second-order valence-electron chi connectivity index (χ2n) is 8.94. The molecular weight excluding hydrogens is 512 g/mol. The van der Waals surface area contributed by atoms with Crippen LogP contribution in [0.3, 0.4) is 0 Å². The number of halogens is 1. The van der Waals surface area contributed by atoms with Gasteiger partial charge in [0.1, 0.15) is 0 Å². The summed E-state index contributed by atoms with van der Waals surface area (Å²) in [4.78, 5) is 45.8. The maximum Gasteiger partial charge on any atom is 0.338 e. The lowest BCUT2D eigenvalue weighted by Crippen LogP contribution is -2.56. The molecule has 3 heterocycles. The number of amides is 3. The number of esters is 1. The van der Waals surface area contributed by atoms with E-state index in [0.29, 0.717) is 48.0 Å². The van der Waals surface area contributed by atoms with Gasteiger partial charge in [0, 0.05) is 49.5 Å². The molecule has 2 aliphatic rings. The maximum atomic E-state index is 13.3. The van der Waals surface area contributed by atoms with Gasteiger partial charge >= 0.3 is 12.0 Å². The number of thiophene rings is 1. The number of carbonyl (C=O) groups excluding carboxylic acids is 3. The van der Waals surface area contributed by atoms with Gasteiger partial charge < -0.3 is 15.0 Å². The number of rotatable bonds is 8. The molecule has 0 unspecified atom stereocenters. The number of hydrogen-bond donors (Lipinski definition) is 1. The summed E-state index contributed by atoms with van der Waals surface area (Å²) in [5.41, 5.74) is 1.52. The van der Waals surface area contributed by atoms with Crippen LogP contribution >= 0.6 is 22.9 Å². The van der Waals surface area contributed by atoms with E-state index in [9.17, 15) is 14.4 Å². The summed E-state index contributed by atoms with van der Waals surface area (Å²) in [6.07, 6.45) is 1.62. The van der Waals surface area contributed by atoms with E-state index in [0.717, 1.165) is 4.88 Å². The molecule has 4 rings (SSSR count). The Morgan fingerprint density at radius 1 is 1.24 bits per heavy atom. The summed E-state index contributed by atoms with van der Waals surface area (Å²) in [5.74, 6) is -0.478. The Morgan fingerprint density at radius 3 is 2.68 bits per heavy atom. The third-order valence-corrected chi connectivity index (χ3v) is 7.74. The smallest absolute Gasteiger partial charge is 0.338 e. The molecule has 0 radical (unpaired) electrons. The minimum atomic E-state index is -0.754. The van der Waals surface area contributed by atoms with Crippen LogP contribution in [0.4, 0.5) is 4.79 Å². The molecule has 8 nitrogen and oxygen atoms in total. The van der Waals surface area contributed by atoms with Crippen LogP contribution in [-0.4, -0.2) is 78.0 Å². The van der Waals surface area contributed by atoms with Crippen molar-refractivity contribution in [2.45, 2.75) is 25.9 Å². The number of benzene rings is 1. The van der Waals surface area contributed by atoms with Gasteiger partial charge in [0.05, 0.1) is 23.1 Å². The van der Waals surface area contributed by atoms with Crippen LogP contribution in [0.2, 0.25) is 5.02 Å². The Balaban J connectivity index is 1.68. The van der Waals surface area contributed by atoms with Crippen molar-refractivity contribution in [2.24, 2.45) is 0 Å². The number of nitrogens with one attached hydrogen (secondary N) is 1. The molecule has 3 amide bonds. The molecule has 1 aromatic carbocycles. The van der Waals surface area contributed by atoms with E-state index in [1.54, 1.807) is 31.2 Å². The van der Waals surface area contributed by atoms with E-state index in [1.807, 2.05) is 35.4 Å². The summed E-state index contributed by atoms with van der Waals surface area (Å²) in [6, 6.07) is 9.72. The molecule has 1 fully saturated rings.